The van der Waals surface area contributed by atoms with E-state index in [9.17, 15) is 9.59 Å². The number of hydrogen-bond donors (Lipinski definition) is 1. The third kappa shape index (κ3) is 4.41. The van der Waals surface area contributed by atoms with Crippen molar-refractivity contribution in [3.05, 3.63) is 59.9 Å². The lowest BCUT2D eigenvalue weighted by Gasteiger charge is -2.16. The third-order valence-electron chi connectivity index (χ3n) is 5.11. The van der Waals surface area contributed by atoms with E-state index in [4.69, 9.17) is 4.74 Å². The summed E-state index contributed by atoms with van der Waals surface area (Å²) in [4.78, 5) is 26.5. The average molecular weight is 438 g/mol. The number of benzene rings is 2. The molecule has 1 fully saturated rings. The van der Waals surface area contributed by atoms with E-state index in [0.717, 1.165) is 28.7 Å². The third-order valence-corrected chi connectivity index (χ3v) is 5.74. The number of methoxy groups -OCH3 is 1. The fraction of sp³-hybridized carbons (Fsp3) is 0.273. The van der Waals surface area contributed by atoms with Gasteiger partial charge in [-0.2, -0.15) is 0 Å². The highest BCUT2D eigenvalue weighted by molar-refractivity contribution is 7.98. The number of carbonyl (C=O) groups is 2. The molecule has 8 nitrogen and oxygen atoms in total. The fourth-order valence-corrected chi connectivity index (χ4v) is 4.05. The zero-order chi connectivity index (χ0) is 21.8. The largest absolute Gasteiger partial charge is 0.497 e. The summed E-state index contributed by atoms with van der Waals surface area (Å²) in [6, 6.07) is 14.7. The van der Waals surface area contributed by atoms with Crippen LogP contribution in [-0.4, -0.2) is 46.5 Å². The zero-order valence-corrected chi connectivity index (χ0v) is 18.2. The summed E-state index contributed by atoms with van der Waals surface area (Å²) >= 11 is 1.48. The smallest absolute Gasteiger partial charge is 0.251 e. The molecule has 31 heavy (non-hydrogen) atoms. The minimum absolute atomic E-state index is 0.0924. The summed E-state index contributed by atoms with van der Waals surface area (Å²) in [5.74, 6) is 1.24. The zero-order valence-electron chi connectivity index (χ0n) is 17.4. The van der Waals surface area contributed by atoms with Gasteiger partial charge in [0.25, 0.3) is 5.91 Å². The number of nitrogens with one attached hydrogen (secondary N) is 1. The van der Waals surface area contributed by atoms with Crippen molar-refractivity contribution in [2.24, 2.45) is 0 Å². The number of anilines is 1. The van der Waals surface area contributed by atoms with Crippen molar-refractivity contribution >= 4 is 29.3 Å². The van der Waals surface area contributed by atoms with Crippen LogP contribution >= 0.6 is 11.8 Å². The molecule has 3 aromatic rings. The van der Waals surface area contributed by atoms with Crippen molar-refractivity contribution in [2.45, 2.75) is 24.5 Å². The molecule has 0 saturated carbocycles. The van der Waals surface area contributed by atoms with Crippen molar-refractivity contribution in [2.75, 3.05) is 24.8 Å². The summed E-state index contributed by atoms with van der Waals surface area (Å²) in [5, 5.41) is 12.1. The lowest BCUT2D eigenvalue weighted by molar-refractivity contribution is -0.117. The maximum Gasteiger partial charge on any atom is 0.251 e. The normalized spacial score (nSPS) is 13.5. The first-order chi connectivity index (χ1) is 15.1. The molecule has 0 atom stereocenters. The highest BCUT2D eigenvalue weighted by atomic mass is 32.2. The molecule has 1 aliphatic rings. The van der Waals surface area contributed by atoms with E-state index in [1.54, 1.807) is 30.2 Å². The predicted octanol–water partition coefficient (Wildman–Crippen LogP) is 3.05. The molecule has 1 saturated heterocycles. The Morgan fingerprint density at radius 3 is 2.65 bits per heavy atom. The summed E-state index contributed by atoms with van der Waals surface area (Å²) in [6.07, 6.45) is 3.32. The predicted molar refractivity (Wildman–Crippen MR) is 119 cm³/mol. The van der Waals surface area contributed by atoms with E-state index in [1.807, 2.05) is 41.2 Å². The number of hydrogen-bond acceptors (Lipinski definition) is 6. The van der Waals surface area contributed by atoms with Gasteiger partial charge in [-0.3, -0.25) is 14.2 Å². The van der Waals surface area contributed by atoms with Crippen molar-refractivity contribution in [3.8, 4) is 11.4 Å². The van der Waals surface area contributed by atoms with Gasteiger partial charge in [-0.1, -0.05) is 17.8 Å². The molecule has 2 aromatic carbocycles. The van der Waals surface area contributed by atoms with Crippen LogP contribution in [0.3, 0.4) is 0 Å². The number of ether oxygens (including phenoxy) is 1. The van der Waals surface area contributed by atoms with E-state index < -0.39 is 0 Å². The second-order valence-electron chi connectivity index (χ2n) is 7.02. The van der Waals surface area contributed by atoms with E-state index in [2.05, 4.69) is 15.5 Å². The molecule has 0 bridgehead atoms. The summed E-state index contributed by atoms with van der Waals surface area (Å²) in [5.41, 5.74) is 2.13. The Labute approximate surface area is 184 Å². The molecule has 2 heterocycles. The number of carbonyl (C=O) groups excluding carboxylic acids is 2. The van der Waals surface area contributed by atoms with Crippen molar-refractivity contribution in [3.63, 3.8) is 0 Å². The van der Waals surface area contributed by atoms with E-state index in [-0.39, 0.29) is 18.4 Å². The van der Waals surface area contributed by atoms with Gasteiger partial charge in [-0.25, -0.2) is 0 Å². The molecular weight excluding hydrogens is 414 g/mol. The number of amides is 2. The number of thioether (sulfide) groups is 1. The standard InChI is InChI=1S/C22H23N5O3S/c1-30-18-10-8-16(9-11-18)27-19(24-25-22(27)31-2)14-23-21(29)15-5-3-6-17(13-15)26-12-4-7-20(26)28/h3,5-6,8-11,13H,4,7,12,14H2,1-2H3,(H,23,29). The van der Waals surface area contributed by atoms with Crippen LogP contribution in [0.25, 0.3) is 5.69 Å². The molecule has 0 aliphatic carbocycles. The van der Waals surface area contributed by atoms with E-state index in [1.165, 1.54) is 11.8 Å². The maximum atomic E-state index is 12.8. The minimum atomic E-state index is -0.233. The number of rotatable bonds is 7. The van der Waals surface area contributed by atoms with Gasteiger partial charge in [0.1, 0.15) is 5.75 Å². The molecular formula is C22H23N5O3S. The van der Waals surface area contributed by atoms with Gasteiger partial charge >= 0.3 is 0 Å². The molecule has 1 N–H and O–H groups in total. The number of nitrogens with zero attached hydrogens (tertiary/aromatic N) is 4. The lowest BCUT2D eigenvalue weighted by Crippen LogP contribution is -2.26. The van der Waals surface area contributed by atoms with Crippen LogP contribution in [0.15, 0.2) is 53.7 Å². The summed E-state index contributed by atoms with van der Waals surface area (Å²) in [6.45, 7) is 0.900. The highest BCUT2D eigenvalue weighted by Crippen LogP contribution is 2.24. The molecule has 1 aliphatic heterocycles. The van der Waals surface area contributed by atoms with E-state index in [0.29, 0.717) is 24.4 Å². The molecule has 0 spiro atoms. The SMILES string of the molecule is COc1ccc(-n2c(CNC(=O)c3cccc(N4CCCC4=O)c3)nnc2SC)cc1. The van der Waals surface area contributed by atoms with Crippen LogP contribution in [0.2, 0.25) is 0 Å². The Hall–Kier alpha value is -3.33. The van der Waals surface area contributed by atoms with Gasteiger partial charge in [0.15, 0.2) is 11.0 Å². The molecule has 4 rings (SSSR count). The van der Waals surface area contributed by atoms with Gasteiger partial charge < -0.3 is 15.0 Å². The first kappa shape index (κ1) is 20.9. The molecule has 2 amide bonds. The number of aromatic nitrogens is 3. The summed E-state index contributed by atoms with van der Waals surface area (Å²) in [7, 11) is 1.62. The Bertz CT molecular complexity index is 1100. The van der Waals surface area contributed by atoms with Gasteiger partial charge in [0, 0.05) is 29.9 Å². The molecule has 160 valence electrons. The molecule has 1 aromatic heterocycles. The first-order valence-corrected chi connectivity index (χ1v) is 11.1. The minimum Gasteiger partial charge on any atom is -0.497 e. The first-order valence-electron chi connectivity index (χ1n) is 9.92. The van der Waals surface area contributed by atoms with Crippen LogP contribution < -0.4 is 15.0 Å². The van der Waals surface area contributed by atoms with Crippen LogP contribution in [-0.2, 0) is 11.3 Å². The van der Waals surface area contributed by atoms with Crippen molar-refractivity contribution < 1.29 is 14.3 Å². The Balaban J connectivity index is 1.51. The highest BCUT2D eigenvalue weighted by Gasteiger charge is 2.22. The van der Waals surface area contributed by atoms with Gasteiger partial charge in [0.05, 0.1) is 13.7 Å². The average Bonchev–Trinajstić information content (AvgIpc) is 3.43. The van der Waals surface area contributed by atoms with Crippen molar-refractivity contribution in [1.82, 2.24) is 20.1 Å². The van der Waals surface area contributed by atoms with Gasteiger partial charge in [-0.15, -0.1) is 10.2 Å². The molecule has 0 radical (unpaired) electrons. The van der Waals surface area contributed by atoms with Gasteiger partial charge in [0.2, 0.25) is 5.91 Å². The second kappa shape index (κ2) is 9.22. The van der Waals surface area contributed by atoms with Crippen LogP contribution in [0, 0.1) is 0 Å². The van der Waals surface area contributed by atoms with E-state index >= 15 is 0 Å². The Morgan fingerprint density at radius 1 is 1.16 bits per heavy atom. The quantitative estimate of drug-likeness (QED) is 0.572. The maximum absolute atomic E-state index is 12.8. The Kier molecular flexibility index (Phi) is 6.22. The monoisotopic (exact) mass is 437 g/mol. The van der Waals surface area contributed by atoms with Crippen molar-refractivity contribution in [1.29, 1.82) is 0 Å². The fourth-order valence-electron chi connectivity index (χ4n) is 3.54. The second-order valence-corrected chi connectivity index (χ2v) is 7.79. The van der Waals surface area contributed by atoms with Gasteiger partial charge in [-0.05, 0) is 55.1 Å². The summed E-state index contributed by atoms with van der Waals surface area (Å²) < 4.78 is 7.13. The van der Waals surface area contributed by atoms with Crippen LogP contribution in [0.5, 0.6) is 5.75 Å². The van der Waals surface area contributed by atoms with Crippen LogP contribution in [0.4, 0.5) is 5.69 Å². The molecule has 9 heteroatoms. The topological polar surface area (TPSA) is 89.4 Å². The van der Waals surface area contributed by atoms with Crippen LogP contribution in [0.1, 0.15) is 29.0 Å². The Morgan fingerprint density at radius 2 is 1.97 bits per heavy atom. The lowest BCUT2D eigenvalue weighted by atomic mass is 10.1. The molecule has 0 unspecified atom stereocenters.